The van der Waals surface area contributed by atoms with Crippen molar-refractivity contribution < 1.29 is 32.6 Å². The van der Waals surface area contributed by atoms with Crippen LogP contribution in [-0.2, 0) is 26.3 Å². The normalized spacial score (nSPS) is 21.5. The predicted octanol–water partition coefficient (Wildman–Crippen LogP) is 5.60. The van der Waals surface area contributed by atoms with E-state index in [1.165, 1.54) is 11.1 Å². The minimum absolute atomic E-state index is 0.203. The van der Waals surface area contributed by atoms with Crippen LogP contribution >= 0.6 is 0 Å². The van der Waals surface area contributed by atoms with Crippen molar-refractivity contribution in [3.05, 3.63) is 94.7 Å². The zero-order valence-electron chi connectivity index (χ0n) is 24.0. The van der Waals surface area contributed by atoms with Gasteiger partial charge in [-0.2, -0.15) is 18.3 Å². The highest BCUT2D eigenvalue weighted by atomic mass is 19.4. The topological polar surface area (TPSA) is 98.8 Å². The first-order valence-electron chi connectivity index (χ1n) is 14.3. The van der Waals surface area contributed by atoms with Gasteiger partial charge in [-0.25, -0.2) is 4.79 Å². The van der Waals surface area contributed by atoms with Crippen molar-refractivity contribution in [1.29, 1.82) is 0 Å². The zero-order chi connectivity index (χ0) is 31.1. The average molecular weight is 605 g/mol. The molecule has 7 rings (SSSR count). The van der Waals surface area contributed by atoms with E-state index < -0.39 is 17.6 Å². The first-order valence-corrected chi connectivity index (χ1v) is 14.3. The van der Waals surface area contributed by atoms with Crippen LogP contribution in [0.2, 0.25) is 0 Å². The third-order valence-electron chi connectivity index (χ3n) is 8.58. The summed E-state index contributed by atoms with van der Waals surface area (Å²) >= 11 is 0. The number of carboxylic acids is 1. The maximum Gasteiger partial charge on any atom is 0.490 e. The summed E-state index contributed by atoms with van der Waals surface area (Å²) in [6.07, 6.45) is -0.0389. The number of carbonyl (C=O) groups excluding carboxylic acids is 1. The summed E-state index contributed by atoms with van der Waals surface area (Å²) in [6.45, 7) is 4.61. The summed E-state index contributed by atoms with van der Waals surface area (Å²) in [5.74, 6) is -2.34. The second-order valence-corrected chi connectivity index (χ2v) is 11.3. The number of alkyl halides is 3. The summed E-state index contributed by atoms with van der Waals surface area (Å²) in [5.41, 5.74) is 7.40. The number of aromatic nitrogens is 2. The number of para-hydroxylation sites is 1. The minimum atomic E-state index is -5.08. The molecular weight excluding hydrogens is 573 g/mol. The van der Waals surface area contributed by atoms with Crippen molar-refractivity contribution in [2.75, 3.05) is 38.3 Å². The highest BCUT2D eigenvalue weighted by Gasteiger charge is 2.66. The fourth-order valence-electron chi connectivity index (χ4n) is 6.20. The molecule has 0 radical (unpaired) electrons. The van der Waals surface area contributed by atoms with Crippen molar-refractivity contribution in [1.82, 2.24) is 15.1 Å². The quantitative estimate of drug-likeness (QED) is 0.308. The molecule has 4 aromatic rings. The van der Waals surface area contributed by atoms with E-state index in [9.17, 15) is 18.0 Å². The van der Waals surface area contributed by atoms with Gasteiger partial charge in [0.2, 0.25) is 5.91 Å². The van der Waals surface area contributed by atoms with Gasteiger partial charge in [-0.15, -0.1) is 0 Å². The number of amides is 1. The van der Waals surface area contributed by atoms with Crippen molar-refractivity contribution in [2.24, 2.45) is 0 Å². The number of benzene rings is 3. The number of aliphatic carboxylic acids is 1. The zero-order valence-corrected chi connectivity index (χ0v) is 24.0. The van der Waals surface area contributed by atoms with Gasteiger partial charge in [-0.3, -0.25) is 14.8 Å². The summed E-state index contributed by atoms with van der Waals surface area (Å²) in [6, 6.07) is 23.4. The number of hydrogen-bond acceptors (Lipinski definition) is 5. The Hall–Kier alpha value is -4.48. The molecule has 2 fully saturated rings. The summed E-state index contributed by atoms with van der Waals surface area (Å²) < 4.78 is 37.2. The number of halogens is 3. The van der Waals surface area contributed by atoms with Gasteiger partial charge in [-0.05, 0) is 46.9 Å². The lowest BCUT2D eigenvalue weighted by Gasteiger charge is -2.26. The van der Waals surface area contributed by atoms with Crippen LogP contribution in [0, 0.1) is 0 Å². The Morgan fingerprint density at radius 3 is 2.50 bits per heavy atom. The number of morpholine rings is 1. The molecule has 1 aromatic heterocycles. The van der Waals surface area contributed by atoms with Crippen LogP contribution in [0.4, 0.5) is 18.9 Å². The number of carbonyl (C=O) groups is 2. The van der Waals surface area contributed by atoms with Gasteiger partial charge in [0.05, 0.1) is 29.8 Å². The van der Waals surface area contributed by atoms with Gasteiger partial charge in [0, 0.05) is 43.7 Å². The number of rotatable bonds is 5. The predicted molar refractivity (Wildman–Crippen MR) is 160 cm³/mol. The van der Waals surface area contributed by atoms with Crippen molar-refractivity contribution in [3.8, 4) is 0 Å². The monoisotopic (exact) mass is 604 g/mol. The van der Waals surface area contributed by atoms with Gasteiger partial charge < -0.3 is 14.7 Å². The molecule has 1 spiro atoms. The lowest BCUT2D eigenvalue weighted by molar-refractivity contribution is -0.192. The Morgan fingerprint density at radius 2 is 1.80 bits per heavy atom. The Bertz CT molecular complexity index is 1730. The molecule has 1 saturated heterocycles. The molecule has 2 atom stereocenters. The fourth-order valence-corrected chi connectivity index (χ4v) is 6.20. The molecule has 11 heteroatoms. The molecule has 2 aliphatic heterocycles. The number of nitrogens with one attached hydrogen (secondary N) is 1. The Labute approximate surface area is 251 Å². The summed E-state index contributed by atoms with van der Waals surface area (Å²) in [5, 5.41) is 16.0. The molecule has 8 nitrogen and oxygen atoms in total. The number of anilines is 1. The fraction of sp³-hybridized carbons (Fsp3) is 0.303. The Morgan fingerprint density at radius 1 is 1.09 bits per heavy atom. The highest BCUT2D eigenvalue weighted by Crippen LogP contribution is 2.66. The molecule has 1 saturated carbocycles. The molecule has 44 heavy (non-hydrogen) atoms. The Kier molecular flexibility index (Phi) is 7.77. The molecule has 3 heterocycles. The van der Waals surface area contributed by atoms with E-state index in [2.05, 4.69) is 75.8 Å². The lowest BCUT2D eigenvalue weighted by atomic mass is 9.92. The Balaban J connectivity index is 0.000000441. The highest BCUT2D eigenvalue weighted by molar-refractivity contribution is 6.11. The molecular formula is C33H31F3N4O4. The van der Waals surface area contributed by atoms with Crippen molar-refractivity contribution in [2.45, 2.75) is 30.5 Å². The SMILES string of the molecule is CN1C(=O)[C@@]2(C[C@H]2c2ccc3c(/C=C/c4ccc(CN5CCOCC5)cc4)n[nH]c3c2)c2ccccc21.O=C(O)C(F)(F)F. The molecule has 3 aliphatic rings. The standard InChI is InChI=1S/C31H30N4O2.C2HF3O2/c1-34-29-5-3-2-4-25(29)31(30(34)36)19-26(31)23-11-12-24-27(32-33-28(24)18-23)13-10-21-6-8-22(9-7-21)20-35-14-16-37-17-15-35;3-2(4,5)1(6)7/h2-13,18,26H,14-17,19-20H2,1H3,(H,32,33);(H,6,7)/b13-10+;/t26-,31-;/m0./s1. The maximum absolute atomic E-state index is 13.2. The minimum Gasteiger partial charge on any atom is -0.475 e. The molecule has 0 unspecified atom stereocenters. The van der Waals surface area contributed by atoms with Crippen LogP contribution < -0.4 is 4.90 Å². The van der Waals surface area contributed by atoms with Crippen LogP contribution in [0.1, 0.15) is 40.3 Å². The van der Waals surface area contributed by atoms with E-state index in [0.717, 1.165) is 72.7 Å². The van der Waals surface area contributed by atoms with Crippen molar-refractivity contribution >= 4 is 40.6 Å². The number of carboxylic acid groups (broad SMARTS) is 1. The van der Waals surface area contributed by atoms with Crippen LogP contribution in [0.25, 0.3) is 23.1 Å². The van der Waals surface area contributed by atoms with Gasteiger partial charge in [-0.1, -0.05) is 60.7 Å². The second-order valence-electron chi connectivity index (χ2n) is 11.3. The van der Waals surface area contributed by atoms with Crippen LogP contribution in [0.5, 0.6) is 0 Å². The number of H-pyrrole nitrogens is 1. The van der Waals surface area contributed by atoms with E-state index in [4.69, 9.17) is 14.6 Å². The van der Waals surface area contributed by atoms with E-state index >= 15 is 0 Å². The first-order chi connectivity index (χ1) is 21.1. The van der Waals surface area contributed by atoms with E-state index in [-0.39, 0.29) is 11.8 Å². The maximum atomic E-state index is 13.2. The second kappa shape index (κ2) is 11.5. The van der Waals surface area contributed by atoms with E-state index in [1.54, 1.807) is 0 Å². The molecule has 2 N–H and O–H groups in total. The number of nitrogens with zero attached hydrogens (tertiary/aromatic N) is 3. The smallest absolute Gasteiger partial charge is 0.475 e. The summed E-state index contributed by atoms with van der Waals surface area (Å²) in [7, 11) is 1.89. The van der Waals surface area contributed by atoms with Crippen LogP contribution in [0.15, 0.2) is 66.7 Å². The van der Waals surface area contributed by atoms with Gasteiger partial charge in [0.1, 0.15) is 0 Å². The number of hydrogen-bond donors (Lipinski definition) is 2. The third kappa shape index (κ3) is 5.60. The molecule has 228 valence electrons. The molecule has 1 aliphatic carbocycles. The average Bonchev–Trinajstić information content (AvgIpc) is 3.59. The molecule has 0 bridgehead atoms. The first kappa shape index (κ1) is 29.6. The number of likely N-dealkylation sites (N-methyl/N-ethyl adjacent to an activating group) is 1. The van der Waals surface area contributed by atoms with E-state index in [0.29, 0.717) is 0 Å². The number of fused-ring (bicyclic) bond motifs is 3. The summed E-state index contributed by atoms with van der Waals surface area (Å²) in [4.78, 5) is 26.4. The van der Waals surface area contributed by atoms with Gasteiger partial charge in [0.15, 0.2) is 0 Å². The van der Waals surface area contributed by atoms with Crippen LogP contribution in [-0.4, -0.2) is 71.6 Å². The molecule has 1 amide bonds. The van der Waals surface area contributed by atoms with Gasteiger partial charge in [0.25, 0.3) is 0 Å². The van der Waals surface area contributed by atoms with Crippen molar-refractivity contribution in [3.63, 3.8) is 0 Å². The molecule has 3 aromatic carbocycles. The largest absolute Gasteiger partial charge is 0.490 e. The van der Waals surface area contributed by atoms with E-state index in [1.807, 2.05) is 30.1 Å². The van der Waals surface area contributed by atoms with Gasteiger partial charge >= 0.3 is 12.1 Å². The number of aromatic amines is 1. The third-order valence-corrected chi connectivity index (χ3v) is 8.58. The van der Waals surface area contributed by atoms with Crippen LogP contribution in [0.3, 0.4) is 0 Å². The lowest BCUT2D eigenvalue weighted by Crippen LogP contribution is -2.35. The number of ether oxygens (including phenoxy) is 1.